The monoisotopic (exact) mass is 395 g/mol. The summed E-state index contributed by atoms with van der Waals surface area (Å²) in [6.45, 7) is 3.40. The summed E-state index contributed by atoms with van der Waals surface area (Å²) < 4.78 is 28.1. The smallest absolute Gasteiger partial charge is 0.261 e. The highest BCUT2D eigenvalue weighted by Crippen LogP contribution is 2.28. The molecule has 3 N–H and O–H groups in total. The van der Waals surface area contributed by atoms with Gasteiger partial charge in [-0.3, -0.25) is 9.52 Å². The number of benzene rings is 3. The average Bonchev–Trinajstić information content (AvgIpc) is 2.65. The van der Waals surface area contributed by atoms with E-state index in [-0.39, 0.29) is 10.8 Å². The maximum Gasteiger partial charge on any atom is 0.261 e. The first kappa shape index (κ1) is 19.4. The predicted octanol–water partition coefficient (Wildman–Crippen LogP) is 4.50. The fraction of sp³-hybridized carbons (Fsp3) is 0.0952. The van der Waals surface area contributed by atoms with Gasteiger partial charge in [0.25, 0.3) is 10.0 Å². The van der Waals surface area contributed by atoms with Crippen LogP contribution >= 0.6 is 0 Å². The van der Waals surface area contributed by atoms with Crippen LogP contribution in [0.3, 0.4) is 0 Å². The van der Waals surface area contributed by atoms with E-state index in [1.165, 1.54) is 19.1 Å². The highest BCUT2D eigenvalue weighted by atomic mass is 32.2. The van der Waals surface area contributed by atoms with Crippen molar-refractivity contribution in [1.29, 1.82) is 0 Å². The summed E-state index contributed by atoms with van der Waals surface area (Å²) in [5.74, 6) is -0.218. The minimum atomic E-state index is -3.78. The molecule has 1 amide bonds. The van der Waals surface area contributed by atoms with E-state index in [4.69, 9.17) is 0 Å². The molecule has 3 rings (SSSR count). The third-order valence-corrected chi connectivity index (χ3v) is 5.37. The minimum Gasteiger partial charge on any atom is -0.354 e. The van der Waals surface area contributed by atoms with Gasteiger partial charge in [-0.15, -0.1) is 0 Å². The first-order valence-electron chi connectivity index (χ1n) is 8.67. The van der Waals surface area contributed by atoms with E-state index in [2.05, 4.69) is 15.4 Å². The van der Waals surface area contributed by atoms with Crippen LogP contribution in [-0.4, -0.2) is 14.3 Å². The molecule has 0 aliphatic rings. The Morgan fingerprint density at radius 2 is 1.36 bits per heavy atom. The fourth-order valence-corrected chi connectivity index (χ4v) is 3.68. The highest BCUT2D eigenvalue weighted by Gasteiger charge is 2.16. The van der Waals surface area contributed by atoms with E-state index < -0.39 is 10.0 Å². The molecule has 0 spiro atoms. The van der Waals surface area contributed by atoms with Crippen molar-refractivity contribution >= 4 is 38.7 Å². The number of para-hydroxylation sites is 2. The quantitative estimate of drug-likeness (QED) is 0.574. The van der Waals surface area contributed by atoms with Crippen LogP contribution in [0.25, 0.3) is 0 Å². The van der Waals surface area contributed by atoms with Crippen LogP contribution < -0.4 is 15.4 Å². The van der Waals surface area contributed by atoms with Gasteiger partial charge in [0.15, 0.2) is 0 Å². The van der Waals surface area contributed by atoms with Gasteiger partial charge in [0.05, 0.1) is 16.3 Å². The molecular weight excluding hydrogens is 374 g/mol. The molecule has 3 aromatic carbocycles. The zero-order valence-electron chi connectivity index (χ0n) is 15.6. The number of carbonyl (C=O) groups excluding carboxylic acids is 1. The van der Waals surface area contributed by atoms with Crippen molar-refractivity contribution < 1.29 is 13.2 Å². The summed E-state index contributed by atoms with van der Waals surface area (Å²) in [5.41, 5.74) is 3.62. The number of sulfonamides is 1. The number of rotatable bonds is 6. The number of anilines is 4. The number of aryl methyl sites for hydroxylation is 1. The highest BCUT2D eigenvalue weighted by molar-refractivity contribution is 7.92. The molecule has 28 heavy (non-hydrogen) atoms. The molecule has 0 saturated carbocycles. The van der Waals surface area contributed by atoms with Crippen molar-refractivity contribution in [3.8, 4) is 0 Å². The molecule has 0 radical (unpaired) electrons. The molecule has 6 nitrogen and oxygen atoms in total. The van der Waals surface area contributed by atoms with E-state index in [1.807, 2.05) is 37.3 Å². The first-order valence-corrected chi connectivity index (χ1v) is 10.1. The van der Waals surface area contributed by atoms with Gasteiger partial charge in [0.2, 0.25) is 5.91 Å². The Balaban J connectivity index is 1.82. The van der Waals surface area contributed by atoms with Gasteiger partial charge in [-0.1, -0.05) is 29.8 Å². The molecule has 3 aromatic rings. The van der Waals surface area contributed by atoms with E-state index in [0.29, 0.717) is 17.1 Å². The Morgan fingerprint density at radius 1 is 0.786 bits per heavy atom. The lowest BCUT2D eigenvalue weighted by molar-refractivity contribution is -0.114. The summed E-state index contributed by atoms with van der Waals surface area (Å²) in [4.78, 5) is 11.2. The number of hydrogen-bond acceptors (Lipinski definition) is 4. The molecule has 0 aliphatic carbocycles. The van der Waals surface area contributed by atoms with Crippen LogP contribution in [-0.2, 0) is 14.8 Å². The lowest BCUT2D eigenvalue weighted by Crippen LogP contribution is -2.14. The van der Waals surface area contributed by atoms with E-state index in [0.717, 1.165) is 11.3 Å². The second kappa shape index (κ2) is 8.14. The first-order chi connectivity index (χ1) is 13.3. The van der Waals surface area contributed by atoms with Crippen LogP contribution in [0.1, 0.15) is 12.5 Å². The topological polar surface area (TPSA) is 87.3 Å². The second-order valence-corrected chi connectivity index (χ2v) is 8.03. The zero-order chi connectivity index (χ0) is 20.1. The lowest BCUT2D eigenvalue weighted by atomic mass is 10.2. The largest absolute Gasteiger partial charge is 0.354 e. The maximum atomic E-state index is 12.8. The molecule has 0 saturated heterocycles. The Labute approximate surface area is 164 Å². The fourth-order valence-electron chi connectivity index (χ4n) is 2.60. The molecule has 0 heterocycles. The van der Waals surface area contributed by atoms with Crippen molar-refractivity contribution in [1.82, 2.24) is 0 Å². The Hall–Kier alpha value is -3.32. The van der Waals surface area contributed by atoms with Gasteiger partial charge in [-0.2, -0.15) is 0 Å². The third kappa shape index (κ3) is 4.89. The number of amides is 1. The van der Waals surface area contributed by atoms with E-state index in [9.17, 15) is 13.2 Å². The summed E-state index contributed by atoms with van der Waals surface area (Å²) in [6.07, 6.45) is 0. The maximum absolute atomic E-state index is 12.8. The van der Waals surface area contributed by atoms with Crippen LogP contribution in [0.15, 0.2) is 77.7 Å². The number of carbonyl (C=O) groups is 1. The minimum absolute atomic E-state index is 0.103. The van der Waals surface area contributed by atoms with Gasteiger partial charge in [0.1, 0.15) is 0 Å². The van der Waals surface area contributed by atoms with Crippen molar-refractivity contribution in [3.05, 3.63) is 78.4 Å². The predicted molar refractivity (Wildman–Crippen MR) is 112 cm³/mol. The summed E-state index contributed by atoms with van der Waals surface area (Å²) in [5, 5.41) is 5.84. The van der Waals surface area contributed by atoms with Crippen LogP contribution in [0.5, 0.6) is 0 Å². The second-order valence-electron chi connectivity index (χ2n) is 6.35. The normalized spacial score (nSPS) is 10.9. The average molecular weight is 395 g/mol. The van der Waals surface area contributed by atoms with Gasteiger partial charge in [0, 0.05) is 18.3 Å². The van der Waals surface area contributed by atoms with Crippen molar-refractivity contribution in [2.75, 3.05) is 15.4 Å². The van der Waals surface area contributed by atoms with Gasteiger partial charge < -0.3 is 10.6 Å². The summed E-state index contributed by atoms with van der Waals surface area (Å²) >= 11 is 0. The molecule has 0 aromatic heterocycles. The number of nitrogens with one attached hydrogen (secondary N) is 3. The molecule has 0 aliphatic heterocycles. The van der Waals surface area contributed by atoms with E-state index >= 15 is 0 Å². The zero-order valence-corrected chi connectivity index (χ0v) is 16.4. The van der Waals surface area contributed by atoms with Crippen LogP contribution in [0.4, 0.5) is 22.7 Å². The van der Waals surface area contributed by atoms with Gasteiger partial charge >= 0.3 is 0 Å². The van der Waals surface area contributed by atoms with Gasteiger partial charge in [-0.05, 0) is 55.5 Å². The molecular formula is C21H21N3O3S. The molecule has 0 bridgehead atoms. The lowest BCUT2D eigenvalue weighted by Gasteiger charge is -2.14. The van der Waals surface area contributed by atoms with Crippen LogP contribution in [0.2, 0.25) is 0 Å². The van der Waals surface area contributed by atoms with E-state index in [1.54, 1.807) is 30.3 Å². The molecule has 0 unspecified atom stereocenters. The Morgan fingerprint density at radius 3 is 1.96 bits per heavy atom. The Kier molecular flexibility index (Phi) is 5.65. The third-order valence-electron chi connectivity index (χ3n) is 3.99. The standard InChI is InChI=1S/C21H21N3O3S/c1-15-7-9-18(10-8-15)23-20-5-3-4-6-21(20)24-28(26,27)19-13-11-17(12-14-19)22-16(2)25/h3-14,23-24H,1-2H3,(H,22,25). The number of hydrogen-bond donors (Lipinski definition) is 3. The van der Waals surface area contributed by atoms with Crippen molar-refractivity contribution in [2.24, 2.45) is 0 Å². The van der Waals surface area contributed by atoms with Gasteiger partial charge in [-0.25, -0.2) is 8.42 Å². The summed E-state index contributed by atoms with van der Waals surface area (Å²) in [6, 6.07) is 20.9. The van der Waals surface area contributed by atoms with Crippen molar-refractivity contribution in [3.63, 3.8) is 0 Å². The Bertz CT molecular complexity index is 1080. The molecule has 144 valence electrons. The summed E-state index contributed by atoms with van der Waals surface area (Å²) in [7, 11) is -3.78. The molecule has 0 atom stereocenters. The van der Waals surface area contributed by atoms with Crippen molar-refractivity contribution in [2.45, 2.75) is 18.7 Å². The SMILES string of the molecule is CC(=O)Nc1ccc(S(=O)(=O)Nc2ccccc2Nc2ccc(C)cc2)cc1. The molecule has 0 fully saturated rings. The molecule has 7 heteroatoms. The van der Waals surface area contributed by atoms with Crippen LogP contribution in [0, 0.1) is 6.92 Å².